The summed E-state index contributed by atoms with van der Waals surface area (Å²) in [4.78, 5) is 14.8. The third-order valence-corrected chi connectivity index (χ3v) is 3.17. The monoisotopic (exact) mass is 289 g/mol. The minimum absolute atomic E-state index is 0.0678. The van der Waals surface area contributed by atoms with Gasteiger partial charge in [0.1, 0.15) is 5.69 Å². The van der Waals surface area contributed by atoms with Gasteiger partial charge in [-0.25, -0.2) is 4.68 Å². The van der Waals surface area contributed by atoms with Crippen molar-refractivity contribution >= 4 is 11.5 Å². The molecule has 2 aromatic rings. The van der Waals surface area contributed by atoms with Gasteiger partial charge in [0.05, 0.1) is 4.92 Å². The molecular weight excluding hydrogens is 270 g/mol. The van der Waals surface area contributed by atoms with Gasteiger partial charge in [-0.05, 0) is 37.5 Å². The second-order valence-corrected chi connectivity index (χ2v) is 4.80. The van der Waals surface area contributed by atoms with Gasteiger partial charge in [0, 0.05) is 25.5 Å². The smallest absolute Gasteiger partial charge is 0.333 e. The predicted molar refractivity (Wildman–Crippen MR) is 80.3 cm³/mol. The lowest BCUT2D eigenvalue weighted by molar-refractivity contribution is -0.384. The van der Waals surface area contributed by atoms with Gasteiger partial charge < -0.3 is 5.32 Å². The minimum atomic E-state index is -0.372. The molecule has 2 aromatic heterocycles. The highest BCUT2D eigenvalue weighted by Crippen LogP contribution is 2.28. The van der Waals surface area contributed by atoms with Crippen LogP contribution >= 0.6 is 0 Å². The number of rotatable bonds is 7. The van der Waals surface area contributed by atoms with E-state index in [1.165, 1.54) is 0 Å². The summed E-state index contributed by atoms with van der Waals surface area (Å²) in [5.41, 5.74) is 1.65. The van der Waals surface area contributed by atoms with Crippen LogP contribution < -0.4 is 5.32 Å². The largest absolute Gasteiger partial charge is 0.364 e. The van der Waals surface area contributed by atoms with Gasteiger partial charge in [-0.2, -0.15) is 5.10 Å². The van der Waals surface area contributed by atoms with E-state index >= 15 is 0 Å². The van der Waals surface area contributed by atoms with Gasteiger partial charge in [0.2, 0.25) is 5.82 Å². The summed E-state index contributed by atoms with van der Waals surface area (Å²) in [6.07, 6.45) is 5.12. The second kappa shape index (κ2) is 6.83. The van der Waals surface area contributed by atoms with E-state index in [1.54, 1.807) is 24.0 Å². The maximum absolute atomic E-state index is 11.2. The number of hydrogen-bond donors (Lipinski definition) is 1. The number of hydrogen-bond acceptors (Lipinski definition) is 5. The van der Waals surface area contributed by atoms with E-state index in [1.807, 2.05) is 19.1 Å². The van der Waals surface area contributed by atoms with Gasteiger partial charge >= 0.3 is 5.69 Å². The standard InChI is InChI=1S/C14H19N5O2/c1-3-10-18-14(13(19(20)21)11(2)17-18)16-9-6-12-4-7-15-8-5-12/h4-5,7-8,16H,3,6,9-10H2,1-2H3. The first-order valence-electron chi connectivity index (χ1n) is 6.98. The molecule has 0 aliphatic carbocycles. The molecule has 0 atom stereocenters. The molecule has 0 saturated carbocycles. The number of nitro groups is 1. The first-order chi connectivity index (χ1) is 10.1. The van der Waals surface area contributed by atoms with E-state index in [-0.39, 0.29) is 10.6 Å². The lowest BCUT2D eigenvalue weighted by atomic mass is 10.2. The quantitative estimate of drug-likeness (QED) is 0.625. The zero-order valence-corrected chi connectivity index (χ0v) is 12.2. The number of pyridine rings is 1. The summed E-state index contributed by atoms with van der Waals surface area (Å²) < 4.78 is 1.68. The summed E-state index contributed by atoms with van der Waals surface area (Å²) in [6.45, 7) is 4.95. The number of aryl methyl sites for hydroxylation is 2. The summed E-state index contributed by atoms with van der Waals surface area (Å²) in [6, 6.07) is 3.87. The lowest BCUT2D eigenvalue weighted by Crippen LogP contribution is -2.12. The van der Waals surface area contributed by atoms with Crippen molar-refractivity contribution in [2.45, 2.75) is 33.2 Å². The van der Waals surface area contributed by atoms with Crippen molar-refractivity contribution in [3.8, 4) is 0 Å². The van der Waals surface area contributed by atoms with Crippen molar-refractivity contribution in [1.29, 1.82) is 0 Å². The molecule has 0 aromatic carbocycles. The van der Waals surface area contributed by atoms with Gasteiger partial charge in [-0.3, -0.25) is 15.1 Å². The minimum Gasteiger partial charge on any atom is -0.364 e. The maximum Gasteiger partial charge on any atom is 0.333 e. The Bertz CT molecular complexity index is 609. The number of aromatic nitrogens is 3. The van der Waals surface area contributed by atoms with Crippen molar-refractivity contribution in [1.82, 2.24) is 14.8 Å². The molecule has 7 nitrogen and oxygen atoms in total. The molecule has 2 heterocycles. The summed E-state index contributed by atoms with van der Waals surface area (Å²) >= 11 is 0. The first kappa shape index (κ1) is 15.0. The molecule has 112 valence electrons. The molecule has 0 radical (unpaired) electrons. The Morgan fingerprint density at radius 3 is 2.71 bits per heavy atom. The van der Waals surface area contributed by atoms with E-state index in [0.717, 1.165) is 18.4 Å². The molecular formula is C14H19N5O2. The average molecular weight is 289 g/mol. The number of nitrogens with one attached hydrogen (secondary N) is 1. The van der Waals surface area contributed by atoms with Crippen molar-refractivity contribution in [3.05, 3.63) is 45.9 Å². The Morgan fingerprint density at radius 1 is 1.38 bits per heavy atom. The van der Waals surface area contributed by atoms with Gasteiger partial charge in [0.25, 0.3) is 0 Å². The van der Waals surface area contributed by atoms with E-state index in [2.05, 4.69) is 15.4 Å². The molecule has 0 spiro atoms. The normalized spacial score (nSPS) is 10.6. The zero-order chi connectivity index (χ0) is 15.2. The molecule has 0 fully saturated rings. The first-order valence-corrected chi connectivity index (χ1v) is 6.98. The van der Waals surface area contributed by atoms with Crippen LogP contribution in [0.2, 0.25) is 0 Å². The number of anilines is 1. The van der Waals surface area contributed by atoms with Crippen LogP contribution in [0.15, 0.2) is 24.5 Å². The van der Waals surface area contributed by atoms with E-state index in [0.29, 0.717) is 24.6 Å². The summed E-state index contributed by atoms with van der Waals surface area (Å²) in [5.74, 6) is 0.494. The molecule has 2 rings (SSSR count). The van der Waals surface area contributed by atoms with Crippen LogP contribution in [0.1, 0.15) is 24.6 Å². The second-order valence-electron chi connectivity index (χ2n) is 4.80. The van der Waals surface area contributed by atoms with Crippen molar-refractivity contribution in [2.75, 3.05) is 11.9 Å². The van der Waals surface area contributed by atoms with Crippen LogP contribution in [0.4, 0.5) is 11.5 Å². The van der Waals surface area contributed by atoms with Crippen LogP contribution in [0.25, 0.3) is 0 Å². The predicted octanol–water partition coefficient (Wildman–Crippen LogP) is 2.56. The molecule has 0 aliphatic heterocycles. The molecule has 0 saturated heterocycles. The highest BCUT2D eigenvalue weighted by Gasteiger charge is 2.24. The van der Waals surface area contributed by atoms with Crippen LogP contribution in [0.5, 0.6) is 0 Å². The Hall–Kier alpha value is -2.44. The number of nitrogens with zero attached hydrogens (tertiary/aromatic N) is 4. The molecule has 7 heteroatoms. The zero-order valence-electron chi connectivity index (χ0n) is 12.2. The van der Waals surface area contributed by atoms with Crippen LogP contribution in [0, 0.1) is 17.0 Å². The molecule has 0 amide bonds. The van der Waals surface area contributed by atoms with E-state index in [4.69, 9.17) is 0 Å². The highest BCUT2D eigenvalue weighted by atomic mass is 16.6. The topological polar surface area (TPSA) is 85.9 Å². The fourth-order valence-corrected chi connectivity index (χ4v) is 2.21. The Morgan fingerprint density at radius 2 is 2.10 bits per heavy atom. The Labute approximate surface area is 123 Å². The maximum atomic E-state index is 11.2. The van der Waals surface area contributed by atoms with Crippen molar-refractivity contribution < 1.29 is 4.92 Å². The highest BCUT2D eigenvalue weighted by molar-refractivity contribution is 5.59. The fourth-order valence-electron chi connectivity index (χ4n) is 2.21. The van der Waals surface area contributed by atoms with E-state index < -0.39 is 0 Å². The Balaban J connectivity index is 2.12. The van der Waals surface area contributed by atoms with Crippen LogP contribution in [-0.4, -0.2) is 26.2 Å². The average Bonchev–Trinajstić information content (AvgIpc) is 2.76. The third-order valence-electron chi connectivity index (χ3n) is 3.17. The SMILES string of the molecule is CCCn1nc(C)c([N+](=O)[O-])c1NCCc1ccncc1. The summed E-state index contributed by atoms with van der Waals surface area (Å²) in [7, 11) is 0. The van der Waals surface area contributed by atoms with Crippen molar-refractivity contribution in [3.63, 3.8) is 0 Å². The fraction of sp³-hybridized carbons (Fsp3) is 0.429. The third kappa shape index (κ3) is 3.56. The summed E-state index contributed by atoms with van der Waals surface area (Å²) in [5, 5.41) is 18.6. The van der Waals surface area contributed by atoms with Gasteiger partial charge in [-0.15, -0.1) is 0 Å². The molecule has 0 aliphatic rings. The van der Waals surface area contributed by atoms with Crippen LogP contribution in [-0.2, 0) is 13.0 Å². The van der Waals surface area contributed by atoms with E-state index in [9.17, 15) is 10.1 Å². The lowest BCUT2D eigenvalue weighted by Gasteiger charge is -2.08. The molecule has 0 bridgehead atoms. The van der Waals surface area contributed by atoms with Crippen LogP contribution in [0.3, 0.4) is 0 Å². The molecule has 0 unspecified atom stereocenters. The van der Waals surface area contributed by atoms with Gasteiger partial charge in [-0.1, -0.05) is 6.92 Å². The molecule has 1 N–H and O–H groups in total. The molecule has 21 heavy (non-hydrogen) atoms. The Kier molecular flexibility index (Phi) is 4.86. The van der Waals surface area contributed by atoms with Gasteiger partial charge in [0.15, 0.2) is 0 Å². The van der Waals surface area contributed by atoms with Crippen molar-refractivity contribution in [2.24, 2.45) is 0 Å².